The third kappa shape index (κ3) is 3.82. The molecule has 1 heterocycles. The van der Waals surface area contributed by atoms with Crippen molar-refractivity contribution in [3.8, 4) is 0 Å². The van der Waals surface area contributed by atoms with E-state index < -0.39 is 9.84 Å². The second-order valence-electron chi connectivity index (χ2n) is 3.81. The summed E-state index contributed by atoms with van der Waals surface area (Å²) in [4.78, 5) is 4.24. The number of rotatable bonds is 6. The summed E-state index contributed by atoms with van der Waals surface area (Å²) in [5.74, 6) is 0.448. The highest BCUT2D eigenvalue weighted by atomic mass is 32.2. The van der Waals surface area contributed by atoms with Crippen molar-refractivity contribution in [1.29, 1.82) is 0 Å². The first-order valence-electron chi connectivity index (χ1n) is 5.66. The molecule has 0 amide bonds. The zero-order valence-corrected chi connectivity index (χ0v) is 11.8. The molecule has 0 spiro atoms. The van der Waals surface area contributed by atoms with Crippen LogP contribution in [-0.2, 0) is 16.4 Å². The molecule has 0 unspecified atom stereocenters. The number of hydrogen-bond acceptors (Lipinski definition) is 6. The summed E-state index contributed by atoms with van der Waals surface area (Å²) in [6, 6.07) is 6.64. The van der Waals surface area contributed by atoms with Gasteiger partial charge in [0.15, 0.2) is 9.84 Å². The molecule has 5 nitrogen and oxygen atoms in total. The number of thioether (sulfide) groups is 1. The zero-order chi connectivity index (χ0) is 13.7. The number of hydrogen-bond donors (Lipinski definition) is 1. The zero-order valence-electron chi connectivity index (χ0n) is 10.2. The molecule has 2 N–H and O–H groups in total. The van der Waals surface area contributed by atoms with E-state index in [2.05, 4.69) is 4.98 Å². The number of benzene rings is 1. The van der Waals surface area contributed by atoms with Crippen molar-refractivity contribution in [2.45, 2.75) is 16.7 Å². The molecule has 2 aromatic rings. The van der Waals surface area contributed by atoms with Gasteiger partial charge in [0.25, 0.3) is 5.22 Å². The molecule has 1 aromatic heterocycles. The van der Waals surface area contributed by atoms with E-state index in [4.69, 9.17) is 10.2 Å². The third-order valence-corrected chi connectivity index (χ3v) is 5.35. The van der Waals surface area contributed by atoms with Gasteiger partial charge < -0.3 is 10.2 Å². The predicted octanol–water partition coefficient (Wildman–Crippen LogP) is 1.70. The number of sulfone groups is 1. The van der Waals surface area contributed by atoms with Crippen molar-refractivity contribution in [3.05, 3.63) is 42.3 Å². The standard InChI is InChI=1S/C12H14N2O3S2/c13-9-10-1-3-11(4-2-10)19(15,16)8-7-18-12-14-5-6-17-12/h1-6H,7-9,13H2. The van der Waals surface area contributed by atoms with Crippen molar-refractivity contribution >= 4 is 21.6 Å². The van der Waals surface area contributed by atoms with Crippen molar-refractivity contribution in [3.63, 3.8) is 0 Å². The molecular weight excluding hydrogens is 284 g/mol. The first kappa shape index (κ1) is 14.1. The molecule has 0 saturated carbocycles. The lowest BCUT2D eigenvalue weighted by Gasteiger charge is -2.04. The second-order valence-corrected chi connectivity index (χ2v) is 6.97. The van der Waals surface area contributed by atoms with Gasteiger partial charge in [0.05, 0.1) is 16.8 Å². The van der Waals surface area contributed by atoms with E-state index in [9.17, 15) is 8.42 Å². The summed E-state index contributed by atoms with van der Waals surface area (Å²) in [5, 5.41) is 0.480. The van der Waals surface area contributed by atoms with Gasteiger partial charge in [0.2, 0.25) is 0 Å². The summed E-state index contributed by atoms with van der Waals surface area (Å²) in [6.07, 6.45) is 2.99. The maximum atomic E-state index is 12.1. The highest BCUT2D eigenvalue weighted by molar-refractivity contribution is 8.00. The van der Waals surface area contributed by atoms with Crippen LogP contribution in [0, 0.1) is 0 Å². The van der Waals surface area contributed by atoms with Crippen LogP contribution in [0.3, 0.4) is 0 Å². The Morgan fingerprint density at radius 2 is 2.00 bits per heavy atom. The number of nitrogens with zero attached hydrogens (tertiary/aromatic N) is 1. The molecule has 102 valence electrons. The Morgan fingerprint density at radius 3 is 2.58 bits per heavy atom. The first-order valence-corrected chi connectivity index (χ1v) is 8.29. The van der Waals surface area contributed by atoms with Gasteiger partial charge in [0.1, 0.15) is 6.26 Å². The van der Waals surface area contributed by atoms with Crippen LogP contribution in [0.4, 0.5) is 0 Å². The van der Waals surface area contributed by atoms with Crippen LogP contribution in [0.25, 0.3) is 0 Å². The topological polar surface area (TPSA) is 86.2 Å². The Labute approximate surface area is 116 Å². The fourth-order valence-electron chi connectivity index (χ4n) is 1.47. The van der Waals surface area contributed by atoms with Gasteiger partial charge in [0, 0.05) is 12.3 Å². The molecule has 0 atom stereocenters. The first-order chi connectivity index (χ1) is 9.12. The minimum Gasteiger partial charge on any atom is -0.440 e. The van der Waals surface area contributed by atoms with Crippen molar-refractivity contribution in [1.82, 2.24) is 4.98 Å². The Balaban J connectivity index is 1.97. The molecule has 0 aliphatic carbocycles. The van der Waals surface area contributed by atoms with Gasteiger partial charge >= 0.3 is 0 Å². The molecule has 2 rings (SSSR count). The fraction of sp³-hybridized carbons (Fsp3) is 0.250. The van der Waals surface area contributed by atoms with Crippen molar-refractivity contribution in [2.75, 3.05) is 11.5 Å². The molecule has 0 fully saturated rings. The Kier molecular flexibility index (Phi) is 4.62. The van der Waals surface area contributed by atoms with Crippen LogP contribution in [0.2, 0.25) is 0 Å². The van der Waals surface area contributed by atoms with Crippen LogP contribution in [0.5, 0.6) is 0 Å². The molecule has 0 aliphatic rings. The van der Waals surface area contributed by atoms with Crippen molar-refractivity contribution < 1.29 is 12.8 Å². The lowest BCUT2D eigenvalue weighted by atomic mass is 10.2. The van der Waals surface area contributed by atoms with E-state index in [0.717, 1.165) is 5.56 Å². The average Bonchev–Trinajstić information content (AvgIpc) is 2.92. The molecule has 0 radical (unpaired) electrons. The summed E-state index contributed by atoms with van der Waals surface area (Å²) in [6.45, 7) is 0.403. The quantitative estimate of drug-likeness (QED) is 0.817. The highest BCUT2D eigenvalue weighted by Gasteiger charge is 2.14. The third-order valence-electron chi connectivity index (χ3n) is 2.51. The van der Waals surface area contributed by atoms with Crippen LogP contribution in [0.1, 0.15) is 5.56 Å². The van der Waals surface area contributed by atoms with Gasteiger partial charge in [-0.15, -0.1) is 0 Å². The van der Waals surface area contributed by atoms with E-state index in [1.54, 1.807) is 24.3 Å². The van der Waals surface area contributed by atoms with Gasteiger partial charge in [-0.3, -0.25) is 0 Å². The number of oxazole rings is 1. The van der Waals surface area contributed by atoms with Gasteiger partial charge in [-0.25, -0.2) is 13.4 Å². The van der Waals surface area contributed by atoms with Crippen LogP contribution in [0.15, 0.2) is 51.3 Å². The maximum absolute atomic E-state index is 12.1. The molecule has 7 heteroatoms. The maximum Gasteiger partial charge on any atom is 0.255 e. The predicted molar refractivity (Wildman–Crippen MR) is 73.6 cm³/mol. The number of nitrogens with two attached hydrogens (primary N) is 1. The Morgan fingerprint density at radius 1 is 1.26 bits per heavy atom. The lowest BCUT2D eigenvalue weighted by molar-refractivity contribution is 0.454. The van der Waals surface area contributed by atoms with Crippen LogP contribution >= 0.6 is 11.8 Å². The minimum absolute atomic E-state index is 0.0437. The lowest BCUT2D eigenvalue weighted by Crippen LogP contribution is -2.09. The Bertz CT molecular complexity index is 607. The largest absolute Gasteiger partial charge is 0.440 e. The van der Waals surface area contributed by atoms with Gasteiger partial charge in [-0.05, 0) is 17.7 Å². The fourth-order valence-corrected chi connectivity index (χ4v) is 3.90. The van der Waals surface area contributed by atoms with E-state index in [-0.39, 0.29) is 5.75 Å². The number of aromatic nitrogens is 1. The average molecular weight is 298 g/mol. The van der Waals surface area contributed by atoms with Gasteiger partial charge in [-0.2, -0.15) is 0 Å². The molecule has 1 aromatic carbocycles. The summed E-state index contributed by atoms with van der Waals surface area (Å²) in [7, 11) is -3.27. The molecule has 0 bridgehead atoms. The molecular formula is C12H14N2O3S2. The smallest absolute Gasteiger partial charge is 0.255 e. The SMILES string of the molecule is NCc1ccc(S(=O)(=O)CCSc2ncco2)cc1. The van der Waals surface area contributed by atoms with E-state index in [1.165, 1.54) is 24.2 Å². The van der Waals surface area contributed by atoms with Gasteiger partial charge in [-0.1, -0.05) is 23.9 Å². The van der Waals surface area contributed by atoms with Crippen LogP contribution < -0.4 is 5.73 Å². The van der Waals surface area contributed by atoms with Crippen molar-refractivity contribution in [2.24, 2.45) is 5.73 Å². The normalized spacial score (nSPS) is 11.6. The monoisotopic (exact) mass is 298 g/mol. The molecule has 19 heavy (non-hydrogen) atoms. The summed E-state index contributed by atoms with van der Waals surface area (Å²) < 4.78 is 29.2. The molecule has 0 aliphatic heterocycles. The van der Waals surface area contributed by atoms with E-state index in [0.29, 0.717) is 22.4 Å². The van der Waals surface area contributed by atoms with E-state index >= 15 is 0 Å². The summed E-state index contributed by atoms with van der Waals surface area (Å²) in [5.41, 5.74) is 6.38. The minimum atomic E-state index is -3.27. The summed E-state index contributed by atoms with van der Waals surface area (Å²) >= 11 is 1.28. The highest BCUT2D eigenvalue weighted by Crippen LogP contribution is 2.18. The van der Waals surface area contributed by atoms with Crippen LogP contribution in [-0.4, -0.2) is 24.9 Å². The Hall–Kier alpha value is -1.31. The second kappa shape index (κ2) is 6.23. The van der Waals surface area contributed by atoms with E-state index in [1.807, 2.05) is 0 Å². The molecule has 0 saturated heterocycles.